The molecule has 1 atom stereocenters. The third-order valence-electron chi connectivity index (χ3n) is 6.32. The van der Waals surface area contributed by atoms with Crippen LogP contribution in [0.1, 0.15) is 35.7 Å². The number of hydrogen-bond donors (Lipinski definition) is 1. The SMILES string of the molecule is CN(C)C/C=C/C(=O)N1CCCCC(n2c(NC(=O)c3cccc(S(=O)(=O)F)c3)nc3cccc(Cl)c32)C1. The molecule has 2 heterocycles. The standard InChI is InChI=1S/C26H29ClFN5O4S/c1-31(2)14-7-13-23(34)32-15-4-3-9-19(17-32)33-24-21(27)11-6-12-22(24)29-26(33)30-25(35)18-8-5-10-20(16-18)38(28,36)37/h5-8,10-13,16,19H,3-4,9,14-15,17H2,1-2H3,(H,29,30,35)/b13-7+. The van der Waals surface area contributed by atoms with Crippen LogP contribution in [0.2, 0.25) is 5.02 Å². The van der Waals surface area contributed by atoms with E-state index >= 15 is 0 Å². The fraction of sp³-hybridized carbons (Fsp3) is 0.346. The normalized spacial score (nSPS) is 16.8. The molecule has 1 N–H and O–H groups in total. The maximum absolute atomic E-state index is 13.5. The van der Waals surface area contributed by atoms with Gasteiger partial charge in [0.2, 0.25) is 11.9 Å². The minimum absolute atomic E-state index is 0.0443. The minimum atomic E-state index is -4.98. The van der Waals surface area contributed by atoms with E-state index in [9.17, 15) is 21.9 Å². The van der Waals surface area contributed by atoms with Crippen molar-refractivity contribution in [1.82, 2.24) is 19.4 Å². The van der Waals surface area contributed by atoms with Crippen molar-refractivity contribution in [3.63, 3.8) is 0 Å². The molecular weight excluding hydrogens is 533 g/mol. The maximum Gasteiger partial charge on any atom is 0.332 e. The molecule has 0 radical (unpaired) electrons. The topological polar surface area (TPSA) is 105 Å². The number of likely N-dealkylation sites (N-methyl/N-ethyl adjacent to an activating group) is 1. The number of carbonyl (C=O) groups excluding carboxylic acids is 2. The molecule has 1 fully saturated rings. The molecule has 4 rings (SSSR count). The molecule has 2 aromatic carbocycles. The number of aromatic nitrogens is 2. The summed E-state index contributed by atoms with van der Waals surface area (Å²) in [6.45, 7) is 1.64. The molecule has 0 aliphatic carbocycles. The lowest BCUT2D eigenvalue weighted by atomic mass is 10.1. The predicted molar refractivity (Wildman–Crippen MR) is 145 cm³/mol. The number of amides is 2. The highest BCUT2D eigenvalue weighted by atomic mass is 35.5. The molecule has 1 unspecified atom stereocenters. The highest BCUT2D eigenvalue weighted by molar-refractivity contribution is 7.86. The molecule has 1 aliphatic rings. The van der Waals surface area contributed by atoms with Crippen molar-refractivity contribution < 1.29 is 21.9 Å². The van der Waals surface area contributed by atoms with E-state index in [1.807, 2.05) is 29.6 Å². The van der Waals surface area contributed by atoms with E-state index in [0.29, 0.717) is 35.7 Å². The average Bonchev–Trinajstić information content (AvgIpc) is 3.05. The smallest absolute Gasteiger partial charge is 0.332 e. The van der Waals surface area contributed by atoms with Gasteiger partial charge in [-0.3, -0.25) is 14.9 Å². The van der Waals surface area contributed by atoms with Gasteiger partial charge >= 0.3 is 10.2 Å². The van der Waals surface area contributed by atoms with Crippen LogP contribution in [0.15, 0.2) is 59.5 Å². The van der Waals surface area contributed by atoms with Crippen LogP contribution in [0, 0.1) is 0 Å². The van der Waals surface area contributed by atoms with Gasteiger partial charge < -0.3 is 14.4 Å². The van der Waals surface area contributed by atoms with Gasteiger partial charge in [0.15, 0.2) is 0 Å². The van der Waals surface area contributed by atoms with Gasteiger partial charge in [0.25, 0.3) is 5.91 Å². The highest BCUT2D eigenvalue weighted by Gasteiger charge is 2.27. The number of nitrogens with one attached hydrogen (secondary N) is 1. The molecule has 1 aromatic heterocycles. The van der Waals surface area contributed by atoms with Crippen molar-refractivity contribution in [3.8, 4) is 0 Å². The van der Waals surface area contributed by atoms with E-state index in [4.69, 9.17) is 11.6 Å². The van der Waals surface area contributed by atoms with Gasteiger partial charge in [0, 0.05) is 31.3 Å². The molecule has 38 heavy (non-hydrogen) atoms. The van der Waals surface area contributed by atoms with Gasteiger partial charge in [0.05, 0.1) is 27.0 Å². The van der Waals surface area contributed by atoms with E-state index in [2.05, 4.69) is 10.3 Å². The molecule has 1 aliphatic heterocycles. The quantitative estimate of drug-likeness (QED) is 0.341. The van der Waals surface area contributed by atoms with Gasteiger partial charge in [-0.05, 0) is 63.7 Å². The van der Waals surface area contributed by atoms with Crippen molar-refractivity contribution in [1.29, 1.82) is 0 Å². The summed E-state index contributed by atoms with van der Waals surface area (Å²) in [5, 5.41) is 3.18. The molecule has 2 amide bonds. The van der Waals surface area contributed by atoms with Crippen LogP contribution < -0.4 is 5.32 Å². The molecule has 0 bridgehead atoms. The number of nitrogens with zero attached hydrogens (tertiary/aromatic N) is 4. The Balaban J connectivity index is 1.69. The van der Waals surface area contributed by atoms with E-state index in [0.717, 1.165) is 31.4 Å². The lowest BCUT2D eigenvalue weighted by molar-refractivity contribution is -0.126. The number of halogens is 2. The summed E-state index contributed by atoms with van der Waals surface area (Å²) < 4.78 is 38.0. The Bertz CT molecular complexity index is 1490. The van der Waals surface area contributed by atoms with Gasteiger partial charge in [-0.15, -0.1) is 3.89 Å². The van der Waals surface area contributed by atoms with E-state index in [-0.39, 0.29) is 23.5 Å². The minimum Gasteiger partial charge on any atom is -0.337 e. The largest absolute Gasteiger partial charge is 0.337 e. The molecule has 9 nitrogen and oxygen atoms in total. The average molecular weight is 562 g/mol. The number of benzene rings is 2. The Hall–Kier alpha value is -3.28. The molecule has 0 spiro atoms. The van der Waals surface area contributed by atoms with Crippen LogP contribution in [0.3, 0.4) is 0 Å². The predicted octanol–water partition coefficient (Wildman–Crippen LogP) is 4.27. The number of rotatable bonds is 7. The monoisotopic (exact) mass is 561 g/mol. The Kier molecular flexibility index (Phi) is 8.49. The van der Waals surface area contributed by atoms with Crippen molar-refractivity contribution in [2.75, 3.05) is 39.0 Å². The van der Waals surface area contributed by atoms with Gasteiger partial charge in [-0.2, -0.15) is 8.42 Å². The molecular formula is C26H29ClFN5O4S. The summed E-state index contributed by atoms with van der Waals surface area (Å²) in [6.07, 6.45) is 5.81. The van der Waals surface area contributed by atoms with Gasteiger partial charge in [0.1, 0.15) is 0 Å². The summed E-state index contributed by atoms with van der Waals surface area (Å²) in [7, 11) is -1.13. The zero-order valence-corrected chi connectivity index (χ0v) is 22.7. The van der Waals surface area contributed by atoms with Crippen LogP contribution >= 0.6 is 11.6 Å². The van der Waals surface area contributed by atoms with Crippen LogP contribution in [0.4, 0.5) is 9.83 Å². The summed E-state index contributed by atoms with van der Waals surface area (Å²) in [5.74, 6) is -0.547. The fourth-order valence-corrected chi connectivity index (χ4v) is 5.28. The first kappa shape index (κ1) is 27.7. The lowest BCUT2D eigenvalue weighted by Crippen LogP contribution is -2.34. The second-order valence-electron chi connectivity index (χ2n) is 9.43. The lowest BCUT2D eigenvalue weighted by Gasteiger charge is -2.26. The maximum atomic E-state index is 13.5. The van der Waals surface area contributed by atoms with Gasteiger partial charge in [-0.1, -0.05) is 29.8 Å². The third-order valence-corrected chi connectivity index (χ3v) is 7.44. The zero-order chi connectivity index (χ0) is 27.4. The van der Waals surface area contributed by atoms with Crippen molar-refractivity contribution in [3.05, 3.63) is 65.2 Å². The first-order valence-electron chi connectivity index (χ1n) is 12.2. The fourth-order valence-electron chi connectivity index (χ4n) is 4.51. The number of carbonyl (C=O) groups is 2. The second-order valence-corrected chi connectivity index (χ2v) is 11.2. The first-order chi connectivity index (χ1) is 18.0. The van der Waals surface area contributed by atoms with E-state index in [1.165, 1.54) is 12.1 Å². The number of likely N-dealkylation sites (tertiary alicyclic amines) is 1. The Morgan fingerprint density at radius 1 is 1.21 bits per heavy atom. The number of hydrogen-bond acceptors (Lipinski definition) is 6. The van der Waals surface area contributed by atoms with E-state index < -0.39 is 21.0 Å². The summed E-state index contributed by atoms with van der Waals surface area (Å²) in [4.78, 5) is 33.8. The van der Waals surface area contributed by atoms with Crippen molar-refractivity contribution in [2.45, 2.75) is 30.2 Å². The van der Waals surface area contributed by atoms with Crippen LogP contribution in [-0.4, -0.2) is 73.3 Å². The number of fused-ring (bicyclic) bond motifs is 1. The Labute approximate surface area is 226 Å². The molecule has 1 saturated heterocycles. The molecule has 3 aromatic rings. The summed E-state index contributed by atoms with van der Waals surface area (Å²) in [5.41, 5.74) is 1.13. The highest BCUT2D eigenvalue weighted by Crippen LogP contribution is 2.34. The van der Waals surface area contributed by atoms with Crippen molar-refractivity contribution >= 4 is 50.6 Å². The van der Waals surface area contributed by atoms with Crippen molar-refractivity contribution in [2.24, 2.45) is 0 Å². The van der Waals surface area contributed by atoms with Gasteiger partial charge in [-0.25, -0.2) is 4.98 Å². The number of imidazole rings is 1. The summed E-state index contributed by atoms with van der Waals surface area (Å²) in [6, 6.07) is 9.74. The van der Waals surface area contributed by atoms with E-state index in [1.54, 1.807) is 29.2 Å². The molecule has 12 heteroatoms. The van der Waals surface area contributed by atoms with Crippen LogP contribution in [-0.2, 0) is 15.0 Å². The Morgan fingerprint density at radius 2 is 1.97 bits per heavy atom. The summed E-state index contributed by atoms with van der Waals surface area (Å²) >= 11 is 6.58. The second kappa shape index (κ2) is 11.6. The van der Waals surface area contributed by atoms with Crippen LogP contribution in [0.25, 0.3) is 11.0 Å². The zero-order valence-electron chi connectivity index (χ0n) is 21.1. The number of anilines is 1. The first-order valence-corrected chi connectivity index (χ1v) is 13.9. The van der Waals surface area contributed by atoms with Crippen LogP contribution in [0.5, 0.6) is 0 Å². The third kappa shape index (κ3) is 6.40. The Morgan fingerprint density at radius 3 is 2.71 bits per heavy atom. The molecule has 0 saturated carbocycles. The number of para-hydroxylation sites is 1. The molecule has 202 valence electrons.